The molecule has 0 aromatic heterocycles. The highest BCUT2D eigenvalue weighted by Gasteiger charge is 2.29. The summed E-state index contributed by atoms with van der Waals surface area (Å²) in [6.07, 6.45) is 3.65. The van der Waals surface area contributed by atoms with E-state index in [-0.39, 0.29) is 24.2 Å². The van der Waals surface area contributed by atoms with Gasteiger partial charge in [0.25, 0.3) is 11.6 Å². The molecule has 20 heavy (non-hydrogen) atoms. The molecule has 1 aliphatic carbocycles. The van der Waals surface area contributed by atoms with Gasteiger partial charge < -0.3 is 10.0 Å². The molecule has 0 radical (unpaired) electrons. The number of rotatable bonds is 6. The van der Waals surface area contributed by atoms with E-state index in [9.17, 15) is 14.9 Å². The average molecular weight is 278 g/mol. The van der Waals surface area contributed by atoms with Crippen LogP contribution in [0.25, 0.3) is 0 Å². The lowest BCUT2D eigenvalue weighted by atomic mass is 9.90. The van der Waals surface area contributed by atoms with Gasteiger partial charge in [0.15, 0.2) is 0 Å². The number of nitro benzene ring substituents is 1. The molecule has 108 valence electrons. The van der Waals surface area contributed by atoms with Crippen molar-refractivity contribution in [2.24, 2.45) is 0 Å². The Bertz CT molecular complexity index is 482. The molecule has 0 heterocycles. The largest absolute Gasteiger partial charge is 0.396 e. The molecule has 1 N–H and O–H groups in total. The number of nitrogens with zero attached hydrogens (tertiary/aromatic N) is 2. The predicted molar refractivity (Wildman–Crippen MR) is 73.5 cm³/mol. The minimum absolute atomic E-state index is 0.0212. The summed E-state index contributed by atoms with van der Waals surface area (Å²) in [4.78, 5) is 24.3. The van der Waals surface area contributed by atoms with Crippen LogP contribution in [0, 0.1) is 10.1 Å². The zero-order chi connectivity index (χ0) is 14.5. The third kappa shape index (κ3) is 3.14. The third-order valence-electron chi connectivity index (χ3n) is 3.66. The first kappa shape index (κ1) is 14.5. The fourth-order valence-corrected chi connectivity index (χ4v) is 2.28. The molecule has 1 amide bonds. The minimum Gasteiger partial charge on any atom is -0.396 e. The van der Waals surface area contributed by atoms with Gasteiger partial charge in [-0.25, -0.2) is 0 Å². The SMILES string of the molecule is O=C(c1ccc([N+](=O)[O-])cc1)N(CCCO)C1CCC1. The van der Waals surface area contributed by atoms with Gasteiger partial charge in [-0.2, -0.15) is 0 Å². The lowest BCUT2D eigenvalue weighted by molar-refractivity contribution is -0.384. The van der Waals surface area contributed by atoms with Crippen LogP contribution in [0.3, 0.4) is 0 Å². The van der Waals surface area contributed by atoms with Crippen LogP contribution in [0.2, 0.25) is 0 Å². The number of hydrogen-bond acceptors (Lipinski definition) is 4. The van der Waals surface area contributed by atoms with E-state index in [2.05, 4.69) is 0 Å². The van der Waals surface area contributed by atoms with Crippen LogP contribution in [-0.2, 0) is 0 Å². The number of non-ortho nitro benzene ring substituents is 1. The van der Waals surface area contributed by atoms with Crippen molar-refractivity contribution in [2.45, 2.75) is 31.7 Å². The molecule has 0 aliphatic heterocycles. The first-order chi connectivity index (χ1) is 9.63. The zero-order valence-corrected chi connectivity index (χ0v) is 11.2. The van der Waals surface area contributed by atoms with Crippen molar-refractivity contribution in [2.75, 3.05) is 13.2 Å². The van der Waals surface area contributed by atoms with Crippen molar-refractivity contribution in [3.63, 3.8) is 0 Å². The monoisotopic (exact) mass is 278 g/mol. The lowest BCUT2D eigenvalue weighted by Gasteiger charge is -2.37. The molecule has 1 saturated carbocycles. The van der Waals surface area contributed by atoms with Crippen LogP contribution in [0.1, 0.15) is 36.0 Å². The summed E-state index contributed by atoms with van der Waals surface area (Å²) in [5.74, 6) is -0.113. The van der Waals surface area contributed by atoms with Gasteiger partial charge in [0.1, 0.15) is 0 Å². The van der Waals surface area contributed by atoms with Crippen LogP contribution in [0.4, 0.5) is 5.69 Å². The van der Waals surface area contributed by atoms with E-state index in [1.165, 1.54) is 24.3 Å². The minimum atomic E-state index is -0.482. The van der Waals surface area contributed by atoms with Crippen molar-refractivity contribution in [3.8, 4) is 0 Å². The molecule has 1 aliphatic rings. The lowest BCUT2D eigenvalue weighted by Crippen LogP contribution is -2.44. The number of amides is 1. The van der Waals surface area contributed by atoms with E-state index in [0.29, 0.717) is 18.5 Å². The maximum Gasteiger partial charge on any atom is 0.269 e. The molecule has 2 rings (SSSR count). The van der Waals surface area contributed by atoms with Gasteiger partial charge in [0.05, 0.1) is 4.92 Å². The Hall–Kier alpha value is -1.95. The molecule has 1 aromatic rings. The first-order valence-electron chi connectivity index (χ1n) is 6.80. The number of hydrogen-bond donors (Lipinski definition) is 1. The summed E-state index contributed by atoms with van der Waals surface area (Å²) < 4.78 is 0. The Balaban J connectivity index is 2.11. The summed E-state index contributed by atoms with van der Waals surface area (Å²) in [5.41, 5.74) is 0.438. The highest BCUT2D eigenvalue weighted by molar-refractivity contribution is 5.94. The van der Waals surface area contributed by atoms with Gasteiger partial charge in [0.2, 0.25) is 0 Å². The predicted octanol–water partition coefficient (Wildman–Crippen LogP) is 1.97. The highest BCUT2D eigenvalue weighted by Crippen LogP contribution is 2.26. The Morgan fingerprint density at radius 1 is 1.35 bits per heavy atom. The van der Waals surface area contributed by atoms with Crippen LogP contribution in [0.5, 0.6) is 0 Å². The Kier molecular flexibility index (Phi) is 4.68. The molecular formula is C14H18N2O4. The van der Waals surface area contributed by atoms with Gasteiger partial charge in [-0.3, -0.25) is 14.9 Å². The summed E-state index contributed by atoms with van der Waals surface area (Å²) in [7, 11) is 0. The van der Waals surface area contributed by atoms with Crippen molar-refractivity contribution in [1.82, 2.24) is 4.90 Å². The second-order valence-corrected chi connectivity index (χ2v) is 4.96. The number of carbonyl (C=O) groups is 1. The molecule has 1 aromatic carbocycles. The van der Waals surface area contributed by atoms with E-state index in [1.807, 2.05) is 0 Å². The number of carbonyl (C=O) groups excluding carboxylic acids is 1. The summed E-state index contributed by atoms with van der Waals surface area (Å²) in [6, 6.07) is 5.91. The molecule has 6 heteroatoms. The molecule has 6 nitrogen and oxygen atoms in total. The summed E-state index contributed by atoms with van der Waals surface area (Å²) in [6.45, 7) is 0.577. The number of benzene rings is 1. The summed E-state index contributed by atoms with van der Waals surface area (Å²) in [5, 5.41) is 19.5. The number of nitro groups is 1. The van der Waals surface area contributed by atoms with Gasteiger partial charge in [-0.05, 0) is 37.8 Å². The van der Waals surface area contributed by atoms with Crippen LogP contribution in [-0.4, -0.2) is 40.0 Å². The van der Waals surface area contributed by atoms with E-state index in [1.54, 1.807) is 4.90 Å². The fraction of sp³-hybridized carbons (Fsp3) is 0.500. The maximum absolute atomic E-state index is 12.4. The van der Waals surface area contributed by atoms with Crippen molar-refractivity contribution in [3.05, 3.63) is 39.9 Å². The molecule has 0 saturated heterocycles. The van der Waals surface area contributed by atoms with E-state index in [0.717, 1.165) is 19.3 Å². The first-order valence-corrected chi connectivity index (χ1v) is 6.80. The topological polar surface area (TPSA) is 83.7 Å². The van der Waals surface area contributed by atoms with Crippen molar-refractivity contribution >= 4 is 11.6 Å². The highest BCUT2D eigenvalue weighted by atomic mass is 16.6. The second-order valence-electron chi connectivity index (χ2n) is 4.96. The molecule has 0 spiro atoms. The molecule has 0 bridgehead atoms. The van der Waals surface area contributed by atoms with E-state index in [4.69, 9.17) is 5.11 Å². The van der Waals surface area contributed by atoms with Gasteiger partial charge in [0, 0.05) is 36.9 Å². The average Bonchev–Trinajstić information content (AvgIpc) is 2.40. The smallest absolute Gasteiger partial charge is 0.269 e. The van der Waals surface area contributed by atoms with Gasteiger partial charge in [-0.15, -0.1) is 0 Å². The fourth-order valence-electron chi connectivity index (χ4n) is 2.28. The Labute approximate surface area is 117 Å². The van der Waals surface area contributed by atoms with Crippen molar-refractivity contribution < 1.29 is 14.8 Å². The quantitative estimate of drug-likeness (QED) is 0.637. The van der Waals surface area contributed by atoms with Crippen molar-refractivity contribution in [1.29, 1.82) is 0 Å². The van der Waals surface area contributed by atoms with Crippen LogP contribution >= 0.6 is 0 Å². The van der Waals surface area contributed by atoms with E-state index >= 15 is 0 Å². The van der Waals surface area contributed by atoms with Gasteiger partial charge in [-0.1, -0.05) is 0 Å². The van der Waals surface area contributed by atoms with Crippen LogP contribution in [0.15, 0.2) is 24.3 Å². The molecule has 1 fully saturated rings. The third-order valence-corrected chi connectivity index (χ3v) is 3.66. The van der Waals surface area contributed by atoms with Crippen LogP contribution < -0.4 is 0 Å². The molecule has 0 unspecified atom stereocenters. The number of aliphatic hydroxyl groups excluding tert-OH is 1. The standard InChI is InChI=1S/C14H18N2O4/c17-10-2-9-15(12-3-1-4-12)14(18)11-5-7-13(8-6-11)16(19)20/h5-8,12,17H,1-4,9-10H2. The summed E-state index contributed by atoms with van der Waals surface area (Å²) >= 11 is 0. The zero-order valence-electron chi connectivity index (χ0n) is 11.2. The number of aliphatic hydroxyl groups is 1. The molecular weight excluding hydrogens is 260 g/mol. The second kappa shape index (κ2) is 6.47. The Morgan fingerprint density at radius 3 is 2.45 bits per heavy atom. The van der Waals surface area contributed by atoms with E-state index < -0.39 is 4.92 Å². The van der Waals surface area contributed by atoms with Gasteiger partial charge >= 0.3 is 0 Å². The molecule has 0 atom stereocenters. The normalized spacial score (nSPS) is 14.7. The maximum atomic E-state index is 12.4. The Morgan fingerprint density at radius 2 is 2.00 bits per heavy atom.